The maximum atomic E-state index is 13.9. The van der Waals surface area contributed by atoms with Crippen LogP contribution < -0.4 is 27.0 Å². The van der Waals surface area contributed by atoms with Gasteiger partial charge in [-0.2, -0.15) is 0 Å². The van der Waals surface area contributed by atoms with E-state index in [1.807, 2.05) is 0 Å². The first-order valence-corrected chi connectivity index (χ1v) is 17.1. The minimum absolute atomic E-state index is 0.0277. The zero-order valence-electron chi connectivity index (χ0n) is 29.9. The molecule has 0 spiro atoms. The molecule has 1 aliphatic rings. The van der Waals surface area contributed by atoms with Gasteiger partial charge in [-0.1, -0.05) is 52.0 Å². The Hall–Kier alpha value is -5.22. The highest BCUT2D eigenvalue weighted by Gasteiger charge is 2.43. The van der Waals surface area contributed by atoms with Crippen molar-refractivity contribution in [3.05, 3.63) is 59.7 Å². The average molecular weight is 727 g/mol. The molecule has 52 heavy (non-hydrogen) atoms. The van der Waals surface area contributed by atoms with Crippen LogP contribution in [0.4, 0.5) is 0 Å². The molecule has 0 bridgehead atoms. The molecule has 1 heterocycles. The molecule has 1 aliphatic heterocycles. The Morgan fingerprint density at radius 1 is 0.731 bits per heavy atom. The van der Waals surface area contributed by atoms with E-state index in [0.29, 0.717) is 11.1 Å². The van der Waals surface area contributed by atoms with Crippen molar-refractivity contribution < 1.29 is 49.2 Å². The zero-order chi connectivity index (χ0) is 38.9. The molecule has 1 saturated heterocycles. The first-order chi connectivity index (χ1) is 24.4. The van der Waals surface area contributed by atoms with E-state index in [9.17, 15) is 49.2 Å². The van der Waals surface area contributed by atoms with Crippen LogP contribution in [0.1, 0.15) is 52.2 Å². The second-order valence-corrected chi connectivity index (χ2v) is 13.8. The lowest BCUT2D eigenvalue weighted by Crippen LogP contribution is -2.60. The lowest BCUT2D eigenvalue weighted by atomic mass is 9.99. The van der Waals surface area contributed by atoms with Crippen molar-refractivity contribution >= 4 is 35.5 Å². The number of hydrogen-bond acceptors (Lipinski definition) is 10. The molecule has 16 nitrogen and oxygen atoms in total. The van der Waals surface area contributed by atoms with Crippen molar-refractivity contribution in [3.63, 3.8) is 0 Å². The van der Waals surface area contributed by atoms with Gasteiger partial charge in [0.1, 0.15) is 41.7 Å². The third-order valence-corrected chi connectivity index (χ3v) is 8.81. The van der Waals surface area contributed by atoms with E-state index in [4.69, 9.17) is 5.73 Å². The van der Waals surface area contributed by atoms with E-state index in [0.717, 1.165) is 4.90 Å². The Morgan fingerprint density at radius 2 is 1.23 bits per heavy atom. The van der Waals surface area contributed by atoms with Gasteiger partial charge < -0.3 is 52.3 Å². The smallest absolute Gasteiger partial charge is 0.325 e. The van der Waals surface area contributed by atoms with Gasteiger partial charge in [-0.25, -0.2) is 0 Å². The summed E-state index contributed by atoms with van der Waals surface area (Å²) in [4.78, 5) is 80.1. The van der Waals surface area contributed by atoms with Gasteiger partial charge in [0.05, 0.1) is 12.1 Å². The van der Waals surface area contributed by atoms with Gasteiger partial charge in [0.2, 0.25) is 29.5 Å². The molecule has 1 fully saturated rings. The first-order valence-electron chi connectivity index (χ1n) is 17.1. The molecule has 2 aromatic carbocycles. The van der Waals surface area contributed by atoms with Crippen molar-refractivity contribution in [3.8, 4) is 11.5 Å². The number of aliphatic hydroxyl groups excluding tert-OH is 1. The molecular formula is C36H50N6O10. The minimum Gasteiger partial charge on any atom is -0.508 e. The molecule has 10 N–H and O–H groups in total. The summed E-state index contributed by atoms with van der Waals surface area (Å²) < 4.78 is 0. The molecule has 2 aromatic rings. The zero-order valence-corrected chi connectivity index (χ0v) is 29.9. The summed E-state index contributed by atoms with van der Waals surface area (Å²) >= 11 is 0. The number of nitrogens with two attached hydrogens (primary N) is 1. The van der Waals surface area contributed by atoms with Crippen molar-refractivity contribution in [1.29, 1.82) is 0 Å². The molecule has 16 heteroatoms. The van der Waals surface area contributed by atoms with Crippen LogP contribution in [0.2, 0.25) is 0 Å². The molecule has 0 saturated carbocycles. The second kappa shape index (κ2) is 18.3. The van der Waals surface area contributed by atoms with Crippen LogP contribution in [-0.2, 0) is 41.6 Å². The molecular weight excluding hydrogens is 676 g/mol. The van der Waals surface area contributed by atoms with Crippen molar-refractivity contribution in [1.82, 2.24) is 26.2 Å². The van der Waals surface area contributed by atoms with Crippen molar-refractivity contribution in [2.24, 2.45) is 17.6 Å². The lowest BCUT2D eigenvalue weighted by molar-refractivity contribution is -0.143. The Bertz CT molecular complexity index is 1580. The number of carbonyl (C=O) groups excluding carboxylic acids is 5. The molecule has 0 aromatic heterocycles. The van der Waals surface area contributed by atoms with E-state index >= 15 is 0 Å². The number of nitrogens with zero attached hydrogens (tertiary/aromatic N) is 1. The van der Waals surface area contributed by atoms with Gasteiger partial charge in [0, 0.05) is 19.4 Å². The number of likely N-dealkylation sites (tertiary alicyclic amines) is 1. The van der Waals surface area contributed by atoms with Gasteiger partial charge in [0.25, 0.3) is 0 Å². The summed E-state index contributed by atoms with van der Waals surface area (Å²) in [6.45, 7) is 7.76. The molecule has 284 valence electrons. The number of phenols is 2. The maximum Gasteiger partial charge on any atom is 0.325 e. The monoisotopic (exact) mass is 726 g/mol. The highest BCUT2D eigenvalue weighted by Crippen LogP contribution is 2.22. The predicted molar refractivity (Wildman–Crippen MR) is 188 cm³/mol. The second-order valence-electron chi connectivity index (χ2n) is 13.8. The molecule has 0 aliphatic carbocycles. The van der Waals surface area contributed by atoms with Gasteiger partial charge in [-0.15, -0.1) is 0 Å². The Balaban J connectivity index is 1.81. The maximum absolute atomic E-state index is 13.9. The van der Waals surface area contributed by atoms with E-state index in [2.05, 4.69) is 21.3 Å². The molecule has 7 atom stereocenters. The molecule has 5 amide bonds. The third-order valence-electron chi connectivity index (χ3n) is 8.81. The van der Waals surface area contributed by atoms with E-state index in [1.165, 1.54) is 31.2 Å². The van der Waals surface area contributed by atoms with Crippen LogP contribution >= 0.6 is 0 Å². The Morgan fingerprint density at radius 3 is 1.73 bits per heavy atom. The van der Waals surface area contributed by atoms with Crippen LogP contribution in [-0.4, -0.2) is 110 Å². The Labute approximate surface area is 302 Å². The number of carbonyl (C=O) groups is 6. The number of benzene rings is 2. The van der Waals surface area contributed by atoms with E-state index < -0.39 is 89.7 Å². The summed E-state index contributed by atoms with van der Waals surface area (Å²) in [5.41, 5.74) is 7.37. The normalized spacial score (nSPS) is 18.5. The predicted octanol–water partition coefficient (Wildman–Crippen LogP) is -0.472. The van der Waals surface area contributed by atoms with Crippen LogP contribution in [0.5, 0.6) is 11.5 Å². The fourth-order valence-electron chi connectivity index (χ4n) is 5.74. The number of aliphatic hydroxyl groups is 1. The highest BCUT2D eigenvalue weighted by atomic mass is 16.4. The lowest BCUT2D eigenvalue weighted by Gasteiger charge is -2.32. The van der Waals surface area contributed by atoms with E-state index in [1.54, 1.807) is 52.0 Å². The molecule has 2 unspecified atom stereocenters. The summed E-state index contributed by atoms with van der Waals surface area (Å²) in [5.74, 6) is -5.72. The number of carboxylic acids is 1. The number of phenolic OH excluding ortho intramolecular Hbond substituents is 2. The van der Waals surface area contributed by atoms with Gasteiger partial charge in [-0.3, -0.25) is 28.8 Å². The highest BCUT2D eigenvalue weighted by molar-refractivity contribution is 5.97. The number of β-amino-alcohol motifs (C(OH)–C–C–N with tert-alkyl or cyclic N) is 1. The number of rotatable bonds is 16. The first kappa shape index (κ1) is 41.2. The van der Waals surface area contributed by atoms with Crippen LogP contribution in [0.3, 0.4) is 0 Å². The molecule has 0 radical (unpaired) electrons. The quantitative estimate of drug-likeness (QED) is 0.107. The number of amides is 5. The number of aliphatic carboxylic acids is 1. The minimum atomic E-state index is -1.31. The summed E-state index contributed by atoms with van der Waals surface area (Å²) in [7, 11) is 0. The topological polar surface area (TPSA) is 261 Å². The largest absolute Gasteiger partial charge is 0.508 e. The summed E-state index contributed by atoms with van der Waals surface area (Å²) in [6, 6.07) is 4.95. The van der Waals surface area contributed by atoms with Gasteiger partial charge in [0.15, 0.2) is 0 Å². The van der Waals surface area contributed by atoms with Gasteiger partial charge in [-0.05, 0) is 60.6 Å². The number of aromatic hydroxyl groups is 2. The molecule has 3 rings (SSSR count). The van der Waals surface area contributed by atoms with Crippen LogP contribution in [0.25, 0.3) is 0 Å². The Kier molecular flexibility index (Phi) is 14.5. The van der Waals surface area contributed by atoms with Crippen LogP contribution in [0.15, 0.2) is 48.5 Å². The fourth-order valence-corrected chi connectivity index (χ4v) is 5.74. The number of nitrogens with one attached hydrogen (secondary N) is 4. The SMILES string of the molecule is CC(C)[C@H](NC(=O)[C@H](Cc1ccc(O)cc1)NC(=O)C1CC(O)CN1C(=O)[C@@H](NC(=O)[C@@H](N)Cc1ccc(O)cc1)C(C)C)C(=O)N[C@H](C)C(=O)O. The van der Waals surface area contributed by atoms with Crippen molar-refractivity contribution in [2.45, 2.75) is 96.2 Å². The van der Waals surface area contributed by atoms with Gasteiger partial charge >= 0.3 is 5.97 Å². The van der Waals surface area contributed by atoms with Crippen LogP contribution in [0, 0.1) is 11.8 Å². The van der Waals surface area contributed by atoms with E-state index in [-0.39, 0.29) is 37.3 Å². The number of hydrogen-bond donors (Lipinski definition) is 9. The number of carboxylic acid groups (broad SMARTS) is 1. The average Bonchev–Trinajstić information content (AvgIpc) is 3.48. The van der Waals surface area contributed by atoms with Crippen molar-refractivity contribution in [2.75, 3.05) is 6.54 Å². The standard InChI is InChI=1S/C36H50N6O10/c1-18(2)29(34(49)38-20(5)36(51)52)40-32(47)27(15-22-8-12-24(44)13-9-22)39-33(48)28-16-25(45)17-42(28)35(50)30(19(3)4)41-31(46)26(37)14-21-6-10-23(43)11-7-21/h6-13,18-20,25-30,43-45H,14-17,37H2,1-5H3,(H,38,49)(H,39,48)(H,40,47)(H,41,46)(H,51,52)/t20-,25?,26+,27+,28?,29+,30+/m1/s1. The summed E-state index contributed by atoms with van der Waals surface area (Å²) in [5, 5.41) is 49.4. The third kappa shape index (κ3) is 11.4. The summed E-state index contributed by atoms with van der Waals surface area (Å²) in [6.07, 6.45) is -1.22. The fraction of sp³-hybridized carbons (Fsp3) is 0.500.